The fourth-order valence-electron chi connectivity index (χ4n) is 2.11. The molecular weight excluding hydrogens is 404 g/mol. The Hall–Kier alpha value is -2.33. The Morgan fingerprint density at radius 3 is 2.42 bits per heavy atom. The maximum atomic E-state index is 12.6. The number of hydrazine groups is 1. The fraction of sp³-hybridized carbons (Fsp3) is 0.438. The maximum absolute atomic E-state index is 12.6. The van der Waals surface area contributed by atoms with Crippen LogP contribution in [0.25, 0.3) is 0 Å². The molecule has 0 saturated heterocycles. The van der Waals surface area contributed by atoms with Gasteiger partial charge in [-0.1, -0.05) is 29.8 Å². The highest BCUT2D eigenvalue weighted by Crippen LogP contribution is 2.16. The van der Waals surface area contributed by atoms with Crippen molar-refractivity contribution in [1.82, 2.24) is 10.3 Å². The van der Waals surface area contributed by atoms with E-state index >= 15 is 0 Å². The van der Waals surface area contributed by atoms with Gasteiger partial charge in [-0.15, -0.1) is 0 Å². The smallest absolute Gasteiger partial charge is 0.412 e. The number of likely N-dealkylation sites (N-methyl/N-ethyl adjacent to an activating group) is 1. The molecule has 6 N–H and O–H groups in total. The monoisotopic (exact) mass is 428 g/mol. The topological polar surface area (TPSA) is 135 Å². The molecule has 1 unspecified atom stereocenters. The summed E-state index contributed by atoms with van der Waals surface area (Å²) in [6.45, 7) is 3.94. The van der Waals surface area contributed by atoms with Gasteiger partial charge in [0, 0.05) is 17.2 Å². The number of amides is 2. The Bertz CT molecular complexity index is 635. The van der Waals surface area contributed by atoms with Crippen LogP contribution in [0, 0.1) is 5.92 Å². The SMILES string of the molecule is CC(C)CC(OC(=O)Nc1ccc(Br)cc1)C(=O)N(C)C/C(=N/N)NN. The zero-order valence-electron chi connectivity index (χ0n) is 15.0. The molecule has 1 aromatic carbocycles. The fourth-order valence-corrected chi connectivity index (χ4v) is 2.37. The molecule has 0 fully saturated rings. The van der Waals surface area contributed by atoms with Crippen molar-refractivity contribution in [3.63, 3.8) is 0 Å². The third-order valence-corrected chi connectivity index (χ3v) is 3.92. The number of nitrogens with zero attached hydrogens (tertiary/aromatic N) is 2. The third kappa shape index (κ3) is 7.28. The molecule has 2 amide bonds. The average Bonchev–Trinajstić information content (AvgIpc) is 2.59. The number of amidine groups is 1. The number of halogens is 1. The van der Waals surface area contributed by atoms with Gasteiger partial charge in [0.05, 0.1) is 6.54 Å². The zero-order chi connectivity index (χ0) is 19.7. The second kappa shape index (κ2) is 10.6. The second-order valence-corrected chi connectivity index (χ2v) is 6.99. The molecule has 0 bridgehead atoms. The molecule has 0 saturated carbocycles. The minimum atomic E-state index is -0.938. The lowest BCUT2D eigenvalue weighted by Gasteiger charge is -2.25. The first-order valence-electron chi connectivity index (χ1n) is 7.98. The number of rotatable bonds is 7. The molecule has 0 spiro atoms. The van der Waals surface area contributed by atoms with E-state index in [0.717, 1.165) is 4.47 Å². The standard InChI is InChI=1S/C16H25BrN6O3/c1-10(2)8-13(15(24)23(3)9-14(21-18)22-19)26-16(25)20-12-6-4-11(17)5-7-12/h4-7,10,13H,8-9,18-19H2,1-3H3,(H,20,25)(H,21,22). The first-order valence-corrected chi connectivity index (χ1v) is 8.77. The minimum Gasteiger partial charge on any atom is -0.436 e. The van der Waals surface area contributed by atoms with Gasteiger partial charge in [-0.25, -0.2) is 10.6 Å². The van der Waals surface area contributed by atoms with Crippen LogP contribution in [0.2, 0.25) is 0 Å². The van der Waals surface area contributed by atoms with E-state index in [1.54, 1.807) is 31.3 Å². The first kappa shape index (κ1) is 21.7. The van der Waals surface area contributed by atoms with E-state index in [0.29, 0.717) is 12.1 Å². The van der Waals surface area contributed by atoms with E-state index in [9.17, 15) is 9.59 Å². The highest BCUT2D eigenvalue weighted by molar-refractivity contribution is 9.10. The van der Waals surface area contributed by atoms with Crippen molar-refractivity contribution in [1.29, 1.82) is 0 Å². The van der Waals surface area contributed by atoms with Crippen molar-refractivity contribution in [2.45, 2.75) is 26.4 Å². The average molecular weight is 429 g/mol. The van der Waals surface area contributed by atoms with Gasteiger partial charge >= 0.3 is 6.09 Å². The van der Waals surface area contributed by atoms with E-state index in [1.807, 2.05) is 13.8 Å². The number of anilines is 1. The van der Waals surface area contributed by atoms with Crippen LogP contribution < -0.4 is 22.4 Å². The summed E-state index contributed by atoms with van der Waals surface area (Å²) in [7, 11) is 1.55. The lowest BCUT2D eigenvalue weighted by atomic mass is 10.1. The Morgan fingerprint density at radius 1 is 1.31 bits per heavy atom. The van der Waals surface area contributed by atoms with Crippen molar-refractivity contribution in [3.05, 3.63) is 28.7 Å². The molecule has 9 nitrogen and oxygen atoms in total. The largest absolute Gasteiger partial charge is 0.436 e. The molecule has 10 heteroatoms. The summed E-state index contributed by atoms with van der Waals surface area (Å²) in [4.78, 5) is 26.1. The molecule has 0 aromatic heterocycles. The predicted octanol–water partition coefficient (Wildman–Crippen LogP) is 1.61. The van der Waals surface area contributed by atoms with E-state index in [1.165, 1.54) is 4.90 Å². The molecule has 1 rings (SSSR count). The number of carbonyl (C=O) groups is 2. The van der Waals surface area contributed by atoms with Crippen LogP contribution in [0.15, 0.2) is 33.8 Å². The van der Waals surface area contributed by atoms with Gasteiger partial charge < -0.3 is 20.9 Å². The van der Waals surface area contributed by atoms with Crippen LogP contribution >= 0.6 is 15.9 Å². The highest BCUT2D eigenvalue weighted by atomic mass is 79.9. The van der Waals surface area contributed by atoms with Crippen LogP contribution in [0.5, 0.6) is 0 Å². The lowest BCUT2D eigenvalue weighted by molar-refractivity contribution is -0.138. The maximum Gasteiger partial charge on any atom is 0.412 e. The molecule has 144 valence electrons. The number of hydrazone groups is 1. The van der Waals surface area contributed by atoms with Crippen LogP contribution in [-0.2, 0) is 9.53 Å². The van der Waals surface area contributed by atoms with E-state index in [4.69, 9.17) is 16.4 Å². The molecule has 0 radical (unpaired) electrons. The molecule has 0 heterocycles. The van der Waals surface area contributed by atoms with Gasteiger partial charge in [0.25, 0.3) is 5.91 Å². The molecule has 0 aliphatic rings. The summed E-state index contributed by atoms with van der Waals surface area (Å²) in [5, 5.41) is 6.04. The van der Waals surface area contributed by atoms with E-state index < -0.39 is 12.2 Å². The Morgan fingerprint density at radius 2 is 1.92 bits per heavy atom. The number of nitrogens with two attached hydrogens (primary N) is 2. The van der Waals surface area contributed by atoms with Crippen LogP contribution in [-0.4, -0.2) is 42.4 Å². The quantitative estimate of drug-likeness (QED) is 0.225. The highest BCUT2D eigenvalue weighted by Gasteiger charge is 2.27. The van der Waals surface area contributed by atoms with Crippen LogP contribution in [0.1, 0.15) is 20.3 Å². The molecule has 26 heavy (non-hydrogen) atoms. The molecular formula is C16H25BrN6O3. The van der Waals surface area contributed by atoms with Gasteiger partial charge in [0.2, 0.25) is 0 Å². The molecule has 1 atom stereocenters. The number of ether oxygens (including phenoxy) is 1. The van der Waals surface area contributed by atoms with Crippen molar-refractivity contribution in [3.8, 4) is 0 Å². The molecule has 0 aliphatic heterocycles. The Balaban J connectivity index is 2.76. The second-order valence-electron chi connectivity index (χ2n) is 6.07. The summed E-state index contributed by atoms with van der Waals surface area (Å²) in [5.41, 5.74) is 2.86. The van der Waals surface area contributed by atoms with Gasteiger partial charge in [0.15, 0.2) is 11.9 Å². The molecule has 1 aromatic rings. The van der Waals surface area contributed by atoms with Crippen molar-refractivity contribution in [2.24, 2.45) is 22.7 Å². The molecule has 0 aliphatic carbocycles. The lowest BCUT2D eigenvalue weighted by Crippen LogP contribution is -2.46. The van der Waals surface area contributed by atoms with Crippen molar-refractivity contribution < 1.29 is 14.3 Å². The zero-order valence-corrected chi connectivity index (χ0v) is 16.6. The third-order valence-electron chi connectivity index (χ3n) is 3.39. The number of nitrogens with one attached hydrogen (secondary N) is 2. The summed E-state index contributed by atoms with van der Waals surface area (Å²) in [6.07, 6.45) is -1.26. The first-order chi connectivity index (χ1) is 12.3. The van der Waals surface area contributed by atoms with E-state index in [-0.39, 0.29) is 24.2 Å². The summed E-state index contributed by atoms with van der Waals surface area (Å²) in [6, 6.07) is 7.00. The van der Waals surface area contributed by atoms with Crippen molar-refractivity contribution in [2.75, 3.05) is 18.9 Å². The number of carbonyl (C=O) groups excluding carboxylic acids is 2. The number of hydrogen-bond donors (Lipinski definition) is 4. The normalized spacial score (nSPS) is 12.5. The summed E-state index contributed by atoms with van der Waals surface area (Å²) >= 11 is 3.32. The van der Waals surface area contributed by atoms with Gasteiger partial charge in [-0.3, -0.25) is 10.1 Å². The van der Waals surface area contributed by atoms with E-state index in [2.05, 4.69) is 31.8 Å². The van der Waals surface area contributed by atoms with Crippen LogP contribution in [0.4, 0.5) is 10.5 Å². The minimum absolute atomic E-state index is 0.0676. The summed E-state index contributed by atoms with van der Waals surface area (Å²) in [5.74, 6) is 10.4. The Kier molecular flexibility index (Phi) is 8.86. The van der Waals surface area contributed by atoms with Gasteiger partial charge in [-0.2, -0.15) is 5.10 Å². The van der Waals surface area contributed by atoms with Crippen molar-refractivity contribution >= 4 is 39.5 Å². The predicted molar refractivity (Wildman–Crippen MR) is 104 cm³/mol. The Labute approximate surface area is 161 Å². The van der Waals surface area contributed by atoms with Crippen LogP contribution in [0.3, 0.4) is 0 Å². The van der Waals surface area contributed by atoms with Gasteiger partial charge in [0.1, 0.15) is 0 Å². The van der Waals surface area contributed by atoms with Gasteiger partial charge in [-0.05, 0) is 36.6 Å². The summed E-state index contributed by atoms with van der Waals surface area (Å²) < 4.78 is 6.24. The number of benzene rings is 1. The number of hydrogen-bond acceptors (Lipinski definition) is 6.